The van der Waals surface area contributed by atoms with Crippen LogP contribution in [0.25, 0.3) is 0 Å². The number of hydrogen-bond donors (Lipinski definition) is 2. The molecule has 1 atom stereocenters. The maximum Gasteiger partial charge on any atom is 0.0705 e. The molecule has 2 nitrogen and oxygen atoms in total. The second-order valence-corrected chi connectivity index (χ2v) is 5.42. The van der Waals surface area contributed by atoms with Crippen LogP contribution in [0.5, 0.6) is 0 Å². The molecule has 17 heavy (non-hydrogen) atoms. The van der Waals surface area contributed by atoms with Crippen LogP contribution in [0.3, 0.4) is 0 Å². The van der Waals surface area contributed by atoms with E-state index in [2.05, 4.69) is 38.2 Å². The predicted molar refractivity (Wildman–Crippen MR) is 71.4 cm³/mol. The van der Waals surface area contributed by atoms with Crippen molar-refractivity contribution in [1.29, 1.82) is 0 Å². The lowest BCUT2D eigenvalue weighted by Gasteiger charge is -2.16. The predicted octanol–water partition coefficient (Wildman–Crippen LogP) is 2.27. The van der Waals surface area contributed by atoms with E-state index < -0.39 is 0 Å². The largest absolute Gasteiger partial charge is 0.391 e. The molecule has 0 bridgehead atoms. The first-order valence-corrected chi connectivity index (χ1v) is 6.54. The van der Waals surface area contributed by atoms with E-state index in [-0.39, 0.29) is 6.10 Å². The molecule has 1 aliphatic carbocycles. The first-order valence-electron chi connectivity index (χ1n) is 6.54. The van der Waals surface area contributed by atoms with Crippen molar-refractivity contribution in [2.24, 2.45) is 0 Å². The Bertz CT molecular complexity index is 373. The molecule has 1 aromatic carbocycles. The van der Waals surface area contributed by atoms with Crippen LogP contribution < -0.4 is 5.32 Å². The summed E-state index contributed by atoms with van der Waals surface area (Å²) in [4.78, 5) is 0. The molecule has 2 rings (SSSR count). The molecule has 0 heterocycles. The molecule has 2 N–H and O–H groups in total. The third-order valence-corrected chi connectivity index (χ3v) is 3.50. The lowest BCUT2D eigenvalue weighted by atomic mass is 9.95. The first kappa shape index (κ1) is 12.6. The van der Waals surface area contributed by atoms with E-state index in [1.165, 1.54) is 35.1 Å². The van der Waals surface area contributed by atoms with Crippen LogP contribution in [0, 0.1) is 20.8 Å². The standard InChI is InChI=1S/C15H23NO/c1-10-6-11(2)15(12(3)7-10)8-14(17)9-16-13-4-5-13/h6-7,13-14,16-17H,4-5,8-9H2,1-3H3. The molecule has 0 radical (unpaired) electrons. The van der Waals surface area contributed by atoms with Gasteiger partial charge in [-0.3, -0.25) is 0 Å². The van der Waals surface area contributed by atoms with Gasteiger partial charge < -0.3 is 10.4 Å². The minimum Gasteiger partial charge on any atom is -0.391 e. The van der Waals surface area contributed by atoms with Gasteiger partial charge in [-0.2, -0.15) is 0 Å². The zero-order chi connectivity index (χ0) is 12.4. The van der Waals surface area contributed by atoms with E-state index in [1.54, 1.807) is 0 Å². The number of hydrogen-bond acceptors (Lipinski definition) is 2. The Balaban J connectivity index is 1.96. The third kappa shape index (κ3) is 3.55. The number of rotatable bonds is 5. The van der Waals surface area contributed by atoms with Gasteiger partial charge in [-0.25, -0.2) is 0 Å². The zero-order valence-electron chi connectivity index (χ0n) is 11.1. The summed E-state index contributed by atoms with van der Waals surface area (Å²) in [5.74, 6) is 0. The van der Waals surface area contributed by atoms with E-state index in [9.17, 15) is 5.11 Å². The van der Waals surface area contributed by atoms with Crippen molar-refractivity contribution in [3.8, 4) is 0 Å². The van der Waals surface area contributed by atoms with Crippen molar-refractivity contribution in [2.45, 2.75) is 52.2 Å². The summed E-state index contributed by atoms with van der Waals surface area (Å²) < 4.78 is 0. The monoisotopic (exact) mass is 233 g/mol. The lowest BCUT2D eigenvalue weighted by Crippen LogP contribution is -2.30. The fraction of sp³-hybridized carbons (Fsp3) is 0.600. The van der Waals surface area contributed by atoms with Crippen LogP contribution in [-0.4, -0.2) is 23.8 Å². The first-order chi connectivity index (χ1) is 8.06. The quantitative estimate of drug-likeness (QED) is 0.817. The van der Waals surface area contributed by atoms with Crippen LogP contribution in [-0.2, 0) is 6.42 Å². The van der Waals surface area contributed by atoms with Gasteiger partial charge in [0.25, 0.3) is 0 Å². The van der Waals surface area contributed by atoms with Gasteiger partial charge in [-0.05, 0) is 50.3 Å². The van der Waals surface area contributed by atoms with Gasteiger partial charge >= 0.3 is 0 Å². The second kappa shape index (κ2) is 5.19. The third-order valence-electron chi connectivity index (χ3n) is 3.50. The molecule has 0 aliphatic heterocycles. The Morgan fingerprint density at radius 1 is 1.24 bits per heavy atom. The number of aliphatic hydroxyl groups excluding tert-OH is 1. The number of benzene rings is 1. The van der Waals surface area contributed by atoms with Crippen molar-refractivity contribution in [3.05, 3.63) is 34.4 Å². The second-order valence-electron chi connectivity index (χ2n) is 5.42. The van der Waals surface area contributed by atoms with Crippen LogP contribution in [0.2, 0.25) is 0 Å². The highest BCUT2D eigenvalue weighted by atomic mass is 16.3. The minimum absolute atomic E-state index is 0.268. The SMILES string of the molecule is Cc1cc(C)c(CC(O)CNC2CC2)c(C)c1. The minimum atomic E-state index is -0.268. The highest BCUT2D eigenvalue weighted by Crippen LogP contribution is 2.20. The van der Waals surface area contributed by atoms with E-state index in [0.717, 1.165) is 13.0 Å². The average Bonchev–Trinajstić information content (AvgIpc) is 3.04. The summed E-state index contributed by atoms with van der Waals surface area (Å²) >= 11 is 0. The molecule has 1 unspecified atom stereocenters. The molecular formula is C15H23NO. The smallest absolute Gasteiger partial charge is 0.0705 e. The molecule has 1 saturated carbocycles. The van der Waals surface area contributed by atoms with Crippen LogP contribution in [0.15, 0.2) is 12.1 Å². The molecule has 0 saturated heterocycles. The molecule has 1 aromatic rings. The van der Waals surface area contributed by atoms with Crippen LogP contribution >= 0.6 is 0 Å². The van der Waals surface area contributed by atoms with Crippen molar-refractivity contribution in [2.75, 3.05) is 6.54 Å². The van der Waals surface area contributed by atoms with Crippen molar-refractivity contribution in [3.63, 3.8) is 0 Å². The van der Waals surface area contributed by atoms with E-state index in [0.29, 0.717) is 6.04 Å². The Morgan fingerprint density at radius 2 is 1.82 bits per heavy atom. The summed E-state index contributed by atoms with van der Waals surface area (Å²) in [6.07, 6.45) is 3.04. The summed E-state index contributed by atoms with van der Waals surface area (Å²) in [5, 5.41) is 13.4. The lowest BCUT2D eigenvalue weighted by molar-refractivity contribution is 0.171. The molecule has 0 amide bonds. The highest BCUT2D eigenvalue weighted by molar-refractivity contribution is 5.37. The topological polar surface area (TPSA) is 32.3 Å². The fourth-order valence-electron chi connectivity index (χ4n) is 2.43. The summed E-state index contributed by atoms with van der Waals surface area (Å²) in [7, 11) is 0. The maximum absolute atomic E-state index is 10.0. The maximum atomic E-state index is 10.0. The molecule has 1 aliphatic rings. The summed E-state index contributed by atoms with van der Waals surface area (Å²) in [6.45, 7) is 7.11. The van der Waals surface area contributed by atoms with Gasteiger partial charge in [0.2, 0.25) is 0 Å². The van der Waals surface area contributed by atoms with E-state index >= 15 is 0 Å². The van der Waals surface area contributed by atoms with Gasteiger partial charge in [0.15, 0.2) is 0 Å². The van der Waals surface area contributed by atoms with Crippen LogP contribution in [0.1, 0.15) is 35.1 Å². The molecule has 1 fully saturated rings. The normalized spacial score (nSPS) is 17.2. The Kier molecular flexibility index (Phi) is 3.85. The Morgan fingerprint density at radius 3 is 2.35 bits per heavy atom. The molecule has 0 spiro atoms. The zero-order valence-corrected chi connectivity index (χ0v) is 11.1. The van der Waals surface area contributed by atoms with E-state index in [1.807, 2.05) is 0 Å². The number of nitrogens with one attached hydrogen (secondary N) is 1. The van der Waals surface area contributed by atoms with Crippen molar-refractivity contribution >= 4 is 0 Å². The van der Waals surface area contributed by atoms with Gasteiger partial charge in [-0.1, -0.05) is 17.7 Å². The number of aliphatic hydroxyl groups is 1. The fourth-order valence-corrected chi connectivity index (χ4v) is 2.43. The van der Waals surface area contributed by atoms with Crippen molar-refractivity contribution in [1.82, 2.24) is 5.32 Å². The van der Waals surface area contributed by atoms with Gasteiger partial charge in [0.05, 0.1) is 6.10 Å². The van der Waals surface area contributed by atoms with Gasteiger partial charge in [-0.15, -0.1) is 0 Å². The highest BCUT2D eigenvalue weighted by Gasteiger charge is 2.21. The average molecular weight is 233 g/mol. The summed E-state index contributed by atoms with van der Waals surface area (Å²) in [6, 6.07) is 5.07. The number of aryl methyl sites for hydroxylation is 3. The van der Waals surface area contributed by atoms with Gasteiger partial charge in [0, 0.05) is 19.0 Å². The molecular weight excluding hydrogens is 210 g/mol. The van der Waals surface area contributed by atoms with Crippen molar-refractivity contribution < 1.29 is 5.11 Å². The summed E-state index contributed by atoms with van der Waals surface area (Å²) in [5.41, 5.74) is 5.20. The van der Waals surface area contributed by atoms with Gasteiger partial charge in [0.1, 0.15) is 0 Å². The Hall–Kier alpha value is -0.860. The van der Waals surface area contributed by atoms with E-state index in [4.69, 9.17) is 0 Å². The molecule has 2 heteroatoms. The molecule has 0 aromatic heterocycles. The molecule has 94 valence electrons. The Labute approximate surface area is 104 Å². The van der Waals surface area contributed by atoms with Crippen LogP contribution in [0.4, 0.5) is 0 Å².